The van der Waals surface area contributed by atoms with E-state index in [4.69, 9.17) is 11.5 Å². The molecule has 7 amide bonds. The van der Waals surface area contributed by atoms with Gasteiger partial charge in [-0.25, -0.2) is 4.79 Å². The SMILES string of the molecule is CC(C)C[C@H](NC(=O)[C@H](CC(C)C)NC(=O)[C@H](Cc1ccccc1)NC(=O)[C@@H](N)CO)C(=O)N[C@@H](CC(=O)O)C(=O)N[C@@H](CC(N)=O)C(=O)N1CCC[C@H]1C(=O)O. The van der Waals surface area contributed by atoms with E-state index in [0.717, 1.165) is 4.90 Å². The number of carbonyl (C=O) groups is 9. The molecule has 1 aromatic rings. The van der Waals surface area contributed by atoms with Gasteiger partial charge in [-0.3, -0.25) is 38.4 Å². The number of benzene rings is 1. The fourth-order valence-electron chi connectivity index (χ4n) is 6.19. The number of aliphatic hydroxyl groups is 1. The predicted octanol–water partition coefficient (Wildman–Crippen LogP) is -2.51. The minimum absolute atomic E-state index is 0.00204. The van der Waals surface area contributed by atoms with Crippen LogP contribution in [0.1, 0.15) is 71.8 Å². The molecule has 1 heterocycles. The maximum absolute atomic E-state index is 13.8. The van der Waals surface area contributed by atoms with Crippen molar-refractivity contribution in [2.45, 2.75) is 115 Å². The molecule has 1 aromatic carbocycles. The molecule has 1 fully saturated rings. The average Bonchev–Trinajstić information content (AvgIpc) is 3.63. The van der Waals surface area contributed by atoms with E-state index in [9.17, 15) is 58.5 Å². The lowest BCUT2D eigenvalue weighted by Gasteiger charge is -2.29. The first-order valence-electron chi connectivity index (χ1n) is 18.7. The number of amides is 7. The molecule has 0 radical (unpaired) electrons. The monoisotopic (exact) mass is 804 g/mol. The number of carbonyl (C=O) groups excluding carboxylic acids is 7. The molecule has 20 heteroatoms. The molecule has 1 aliphatic heterocycles. The number of aliphatic carboxylic acids is 2. The van der Waals surface area contributed by atoms with Gasteiger partial charge in [-0.15, -0.1) is 0 Å². The lowest BCUT2D eigenvalue weighted by atomic mass is 9.99. The van der Waals surface area contributed by atoms with Gasteiger partial charge >= 0.3 is 11.9 Å². The van der Waals surface area contributed by atoms with Crippen LogP contribution in [-0.4, -0.2) is 129 Å². The van der Waals surface area contributed by atoms with Gasteiger partial charge in [0.15, 0.2) is 0 Å². The number of likely N-dealkylation sites (tertiary alicyclic amines) is 1. The van der Waals surface area contributed by atoms with Crippen molar-refractivity contribution >= 4 is 53.3 Å². The first kappa shape index (κ1) is 47.5. The summed E-state index contributed by atoms with van der Waals surface area (Å²) in [7, 11) is 0. The molecule has 2 rings (SSSR count). The summed E-state index contributed by atoms with van der Waals surface area (Å²) in [6, 6.07) is -1.23. The lowest BCUT2D eigenvalue weighted by molar-refractivity contribution is -0.150. The highest BCUT2D eigenvalue weighted by Crippen LogP contribution is 2.19. The molecule has 12 N–H and O–H groups in total. The molecule has 1 aliphatic rings. The third kappa shape index (κ3) is 15.8. The van der Waals surface area contributed by atoms with Crippen molar-refractivity contribution < 1.29 is 58.5 Å². The Labute approximate surface area is 330 Å². The molecular weight excluding hydrogens is 748 g/mol. The highest BCUT2D eigenvalue weighted by molar-refractivity contribution is 5.99. The minimum Gasteiger partial charge on any atom is -0.481 e. The Morgan fingerprint density at radius 3 is 1.65 bits per heavy atom. The van der Waals surface area contributed by atoms with Crippen molar-refractivity contribution in [1.29, 1.82) is 0 Å². The quantitative estimate of drug-likeness (QED) is 0.0547. The summed E-state index contributed by atoms with van der Waals surface area (Å²) in [5, 5.41) is 40.8. The smallest absolute Gasteiger partial charge is 0.326 e. The summed E-state index contributed by atoms with van der Waals surface area (Å²) in [6.07, 6.45) is -1.20. The molecule has 0 saturated carbocycles. The van der Waals surface area contributed by atoms with Gasteiger partial charge in [0.05, 0.1) is 19.4 Å². The van der Waals surface area contributed by atoms with Gasteiger partial charge in [-0.2, -0.15) is 0 Å². The van der Waals surface area contributed by atoms with Crippen LogP contribution in [0.5, 0.6) is 0 Å². The van der Waals surface area contributed by atoms with E-state index in [-0.39, 0.29) is 44.1 Å². The van der Waals surface area contributed by atoms with Gasteiger partial charge < -0.3 is 58.3 Å². The number of carboxylic acid groups (broad SMARTS) is 2. The third-order valence-corrected chi connectivity index (χ3v) is 8.98. The molecule has 20 nitrogen and oxygen atoms in total. The zero-order valence-corrected chi connectivity index (χ0v) is 32.6. The molecule has 1 saturated heterocycles. The summed E-state index contributed by atoms with van der Waals surface area (Å²) in [4.78, 5) is 117. The van der Waals surface area contributed by atoms with Crippen LogP contribution in [0.15, 0.2) is 30.3 Å². The number of primary amides is 1. The van der Waals surface area contributed by atoms with Crippen LogP contribution in [0.3, 0.4) is 0 Å². The lowest BCUT2D eigenvalue weighted by Crippen LogP contribution is -2.60. The highest BCUT2D eigenvalue weighted by atomic mass is 16.4. The largest absolute Gasteiger partial charge is 0.481 e. The molecule has 0 aliphatic carbocycles. The molecule has 0 aromatic heterocycles. The Kier molecular flexibility index (Phi) is 19.0. The third-order valence-electron chi connectivity index (χ3n) is 8.98. The fourth-order valence-corrected chi connectivity index (χ4v) is 6.19. The van der Waals surface area contributed by atoms with E-state index < -0.39 is 115 Å². The van der Waals surface area contributed by atoms with Crippen molar-refractivity contribution in [3.8, 4) is 0 Å². The standard InChI is InChI=1S/C37H56N8O12/c1-19(2)13-23(42-34(53)25(40-31(50)22(38)18-46)15-21-9-6-5-7-10-21)32(51)41-24(14-20(3)4)33(52)43-26(17-30(48)49)35(54)44-27(16-29(39)47)36(55)45-12-8-11-28(45)37(56)57/h5-7,9-10,19-20,22-28,46H,8,11-18,38H2,1-4H3,(H2,39,47)(H,40,50)(H,41,51)(H,42,53)(H,43,52)(H,44,54)(H,48,49)(H,56,57)/t22-,23-,24-,25-,26-,27-,28-/m0/s1. The molecule has 0 spiro atoms. The van der Waals surface area contributed by atoms with Gasteiger partial charge in [0.25, 0.3) is 0 Å². The van der Waals surface area contributed by atoms with Crippen LogP contribution < -0.4 is 38.1 Å². The second-order valence-corrected chi connectivity index (χ2v) is 14.8. The van der Waals surface area contributed by atoms with Crippen molar-refractivity contribution in [2.24, 2.45) is 23.3 Å². The number of hydrogen-bond donors (Lipinski definition) is 10. The zero-order valence-electron chi connectivity index (χ0n) is 32.6. The van der Waals surface area contributed by atoms with E-state index in [1.54, 1.807) is 58.0 Å². The first-order valence-corrected chi connectivity index (χ1v) is 18.7. The summed E-state index contributed by atoms with van der Waals surface area (Å²) >= 11 is 0. The molecule has 57 heavy (non-hydrogen) atoms. The van der Waals surface area contributed by atoms with E-state index in [1.807, 2.05) is 0 Å². The number of nitrogens with zero attached hydrogens (tertiary/aromatic N) is 1. The van der Waals surface area contributed by atoms with E-state index in [1.165, 1.54) is 0 Å². The first-order chi connectivity index (χ1) is 26.7. The van der Waals surface area contributed by atoms with E-state index in [0.29, 0.717) is 12.0 Å². The molecular formula is C37H56N8O12. The maximum Gasteiger partial charge on any atom is 0.326 e. The highest BCUT2D eigenvalue weighted by Gasteiger charge is 2.40. The molecule has 0 bridgehead atoms. The molecule has 7 atom stereocenters. The summed E-state index contributed by atoms with van der Waals surface area (Å²) in [6.45, 7) is 6.37. The minimum atomic E-state index is -1.84. The van der Waals surface area contributed by atoms with Crippen LogP contribution in [-0.2, 0) is 49.6 Å². The second-order valence-electron chi connectivity index (χ2n) is 14.8. The average molecular weight is 805 g/mol. The Bertz CT molecular complexity index is 1610. The predicted molar refractivity (Wildman–Crippen MR) is 202 cm³/mol. The number of rotatable bonds is 23. The number of carboxylic acids is 2. The van der Waals surface area contributed by atoms with Crippen molar-refractivity contribution in [1.82, 2.24) is 31.5 Å². The Balaban J connectivity index is 2.34. The second kappa shape index (κ2) is 22.8. The maximum atomic E-state index is 13.8. The van der Waals surface area contributed by atoms with Crippen LogP contribution in [0.2, 0.25) is 0 Å². The summed E-state index contributed by atoms with van der Waals surface area (Å²) in [5.74, 6) is -9.74. The zero-order chi connectivity index (χ0) is 43.0. The van der Waals surface area contributed by atoms with Gasteiger partial charge in [0.1, 0.15) is 42.3 Å². The van der Waals surface area contributed by atoms with Crippen molar-refractivity contribution in [3.63, 3.8) is 0 Å². The Morgan fingerprint density at radius 1 is 0.702 bits per heavy atom. The molecule has 0 unspecified atom stereocenters. The Hall–Kier alpha value is -5.63. The normalized spacial score (nSPS) is 17.0. The van der Waals surface area contributed by atoms with Gasteiger partial charge in [0, 0.05) is 13.0 Å². The number of nitrogens with one attached hydrogen (secondary N) is 5. The van der Waals surface area contributed by atoms with E-state index >= 15 is 0 Å². The fraction of sp³-hybridized carbons (Fsp3) is 0.595. The molecule has 316 valence electrons. The summed E-state index contributed by atoms with van der Waals surface area (Å²) < 4.78 is 0. The van der Waals surface area contributed by atoms with Crippen LogP contribution in [0.25, 0.3) is 0 Å². The van der Waals surface area contributed by atoms with Gasteiger partial charge in [-0.1, -0.05) is 58.0 Å². The van der Waals surface area contributed by atoms with Crippen molar-refractivity contribution in [2.75, 3.05) is 13.2 Å². The van der Waals surface area contributed by atoms with Crippen LogP contribution >= 0.6 is 0 Å². The van der Waals surface area contributed by atoms with Gasteiger partial charge in [0.2, 0.25) is 41.4 Å². The van der Waals surface area contributed by atoms with Crippen LogP contribution in [0, 0.1) is 11.8 Å². The number of hydrogen-bond acceptors (Lipinski definition) is 11. The van der Waals surface area contributed by atoms with Gasteiger partial charge in [-0.05, 0) is 43.1 Å². The Morgan fingerprint density at radius 2 is 1.18 bits per heavy atom. The number of nitrogens with two attached hydrogens (primary N) is 2. The number of aliphatic hydroxyl groups excluding tert-OH is 1. The van der Waals surface area contributed by atoms with Crippen LogP contribution in [0.4, 0.5) is 0 Å². The summed E-state index contributed by atoms with van der Waals surface area (Å²) in [5.41, 5.74) is 11.6. The topological polar surface area (TPSA) is 330 Å². The van der Waals surface area contributed by atoms with Crippen molar-refractivity contribution in [3.05, 3.63) is 35.9 Å². The van der Waals surface area contributed by atoms with E-state index in [2.05, 4.69) is 26.6 Å².